The van der Waals surface area contributed by atoms with Crippen LogP contribution in [0.5, 0.6) is 5.88 Å². The summed E-state index contributed by atoms with van der Waals surface area (Å²) < 4.78 is 24.8. The first-order valence-corrected chi connectivity index (χ1v) is 12.0. The molecule has 0 spiro atoms. The molecule has 2 atom stereocenters. The van der Waals surface area contributed by atoms with E-state index in [1.165, 1.54) is 12.1 Å². The summed E-state index contributed by atoms with van der Waals surface area (Å²) in [5, 5.41) is 4.35. The van der Waals surface area contributed by atoms with Gasteiger partial charge in [-0.25, -0.2) is 9.37 Å². The summed E-state index contributed by atoms with van der Waals surface area (Å²) in [6.45, 7) is 3.26. The van der Waals surface area contributed by atoms with Crippen molar-refractivity contribution >= 4 is 17.5 Å². The molecule has 9 heteroatoms. The highest BCUT2D eigenvalue weighted by Crippen LogP contribution is 2.34. The molecule has 2 aromatic carbocycles. The summed E-state index contributed by atoms with van der Waals surface area (Å²) in [4.78, 5) is 23.6. The molecule has 184 valence electrons. The molecule has 1 saturated heterocycles. The summed E-state index contributed by atoms with van der Waals surface area (Å²) in [5.74, 6) is 1.21. The van der Waals surface area contributed by atoms with Gasteiger partial charge < -0.3 is 14.2 Å². The summed E-state index contributed by atoms with van der Waals surface area (Å²) in [5.41, 5.74) is 2.30. The summed E-state index contributed by atoms with van der Waals surface area (Å²) in [7, 11) is 0. The maximum absolute atomic E-state index is 13.6. The highest BCUT2D eigenvalue weighted by molar-refractivity contribution is 6.30. The van der Waals surface area contributed by atoms with Crippen LogP contribution in [0.1, 0.15) is 34.1 Å². The molecule has 2 aromatic heterocycles. The van der Waals surface area contributed by atoms with Gasteiger partial charge >= 0.3 is 0 Å². The Balaban J connectivity index is 1.31. The number of carbonyl (C=O) groups is 1. The van der Waals surface area contributed by atoms with Crippen molar-refractivity contribution in [1.82, 2.24) is 20.0 Å². The van der Waals surface area contributed by atoms with Crippen LogP contribution < -0.4 is 4.74 Å². The second kappa shape index (κ2) is 10.5. The normalized spacial score (nSPS) is 17.7. The maximum Gasteiger partial charge on any atom is 0.257 e. The van der Waals surface area contributed by atoms with E-state index in [9.17, 15) is 9.18 Å². The number of benzene rings is 2. The molecule has 7 nitrogen and oxygen atoms in total. The van der Waals surface area contributed by atoms with Gasteiger partial charge in [-0.15, -0.1) is 0 Å². The number of nitrogens with zero attached hydrogens (tertiary/aromatic N) is 4. The van der Waals surface area contributed by atoms with Crippen LogP contribution in [0.2, 0.25) is 5.02 Å². The van der Waals surface area contributed by atoms with Gasteiger partial charge in [-0.1, -0.05) is 28.9 Å². The molecule has 1 amide bonds. The molecule has 1 fully saturated rings. The minimum atomic E-state index is -0.294. The van der Waals surface area contributed by atoms with Crippen LogP contribution in [0, 0.1) is 18.7 Å². The number of halogens is 2. The molecular weight excluding hydrogens is 483 g/mol. The highest BCUT2D eigenvalue weighted by Gasteiger charge is 2.33. The number of rotatable bonds is 6. The number of ether oxygens (including phenoxy) is 1. The number of carbonyl (C=O) groups excluding carboxylic acids is 1. The summed E-state index contributed by atoms with van der Waals surface area (Å²) in [6.07, 6.45) is 2.28. The van der Waals surface area contributed by atoms with Crippen LogP contribution in [-0.4, -0.2) is 45.6 Å². The second-order valence-corrected chi connectivity index (χ2v) is 9.24. The molecule has 36 heavy (non-hydrogen) atoms. The molecule has 4 aromatic rings. The van der Waals surface area contributed by atoms with E-state index in [0.29, 0.717) is 47.9 Å². The monoisotopic (exact) mass is 506 g/mol. The van der Waals surface area contributed by atoms with Crippen molar-refractivity contribution in [3.05, 3.63) is 94.7 Å². The van der Waals surface area contributed by atoms with Crippen LogP contribution in [0.3, 0.4) is 0 Å². The van der Waals surface area contributed by atoms with E-state index in [0.717, 1.165) is 17.5 Å². The topological polar surface area (TPSA) is 81.4 Å². The highest BCUT2D eigenvalue weighted by atomic mass is 35.5. The summed E-state index contributed by atoms with van der Waals surface area (Å²) >= 11 is 5.92. The van der Waals surface area contributed by atoms with E-state index in [-0.39, 0.29) is 23.6 Å². The van der Waals surface area contributed by atoms with E-state index in [1.54, 1.807) is 61.7 Å². The first-order chi connectivity index (χ1) is 17.5. The molecule has 5 rings (SSSR count). The molecule has 0 aliphatic carbocycles. The van der Waals surface area contributed by atoms with E-state index in [2.05, 4.69) is 15.1 Å². The average molecular weight is 507 g/mol. The van der Waals surface area contributed by atoms with Gasteiger partial charge in [0, 0.05) is 48.3 Å². The van der Waals surface area contributed by atoms with E-state index in [1.807, 2.05) is 4.90 Å². The van der Waals surface area contributed by atoms with Crippen molar-refractivity contribution in [1.29, 1.82) is 0 Å². The van der Waals surface area contributed by atoms with E-state index >= 15 is 0 Å². The summed E-state index contributed by atoms with van der Waals surface area (Å²) in [6, 6.07) is 17.1. The van der Waals surface area contributed by atoms with Crippen molar-refractivity contribution in [2.75, 3.05) is 19.7 Å². The molecule has 1 aliphatic rings. The predicted molar refractivity (Wildman–Crippen MR) is 132 cm³/mol. The van der Waals surface area contributed by atoms with Gasteiger partial charge in [0.1, 0.15) is 5.82 Å². The Morgan fingerprint density at radius 3 is 2.58 bits per heavy atom. The van der Waals surface area contributed by atoms with Gasteiger partial charge in [0.25, 0.3) is 11.8 Å². The second-order valence-electron chi connectivity index (χ2n) is 8.81. The first kappa shape index (κ1) is 23.9. The fraction of sp³-hybridized carbons (Fsp3) is 0.259. The lowest BCUT2D eigenvalue weighted by Gasteiger charge is -2.38. The van der Waals surface area contributed by atoms with Crippen LogP contribution >= 0.6 is 11.6 Å². The van der Waals surface area contributed by atoms with Crippen molar-refractivity contribution < 1.29 is 18.4 Å². The number of pyridine rings is 1. The Morgan fingerprint density at radius 2 is 1.92 bits per heavy atom. The van der Waals surface area contributed by atoms with Crippen LogP contribution in [0.4, 0.5) is 4.39 Å². The standard InChI is InChI=1S/C27H24ClFN4O3/c1-17-31-26(36-32-17)19-2-4-20(5-3-19)27(34)33-13-12-21(16-35-25-11-8-22(28)14-30-25)24(15-33)18-6-9-23(29)10-7-18/h2-11,14,21,24H,12-13,15-16H2,1H3. The van der Waals surface area contributed by atoms with Gasteiger partial charge in [0.15, 0.2) is 5.82 Å². The number of amides is 1. The molecule has 0 N–H and O–H groups in total. The minimum Gasteiger partial charge on any atom is -0.477 e. The third-order valence-electron chi connectivity index (χ3n) is 6.39. The Labute approximate surface area is 212 Å². The average Bonchev–Trinajstić information content (AvgIpc) is 3.35. The lowest BCUT2D eigenvalue weighted by atomic mass is 9.81. The number of piperidine rings is 1. The number of hydrogen-bond donors (Lipinski definition) is 0. The van der Waals surface area contributed by atoms with Crippen molar-refractivity contribution in [3.63, 3.8) is 0 Å². The Bertz CT molecular complexity index is 1330. The minimum absolute atomic E-state index is 0.0174. The Kier molecular flexibility index (Phi) is 6.95. The lowest BCUT2D eigenvalue weighted by molar-refractivity contribution is 0.0615. The molecule has 2 unspecified atom stereocenters. The molecule has 1 aliphatic heterocycles. The third kappa shape index (κ3) is 5.39. The van der Waals surface area contributed by atoms with E-state index < -0.39 is 0 Å². The fourth-order valence-corrected chi connectivity index (χ4v) is 4.58. The SMILES string of the molecule is Cc1noc(-c2ccc(C(=O)N3CCC(COc4ccc(Cl)cn4)C(c4ccc(F)cc4)C3)cc2)n1. The Morgan fingerprint density at radius 1 is 1.14 bits per heavy atom. The lowest BCUT2D eigenvalue weighted by Crippen LogP contribution is -2.44. The van der Waals surface area contributed by atoms with Crippen molar-refractivity contribution in [3.8, 4) is 17.3 Å². The van der Waals surface area contributed by atoms with Crippen LogP contribution in [0.25, 0.3) is 11.5 Å². The van der Waals surface area contributed by atoms with Crippen LogP contribution in [-0.2, 0) is 0 Å². The maximum atomic E-state index is 13.6. The predicted octanol–water partition coefficient (Wildman–Crippen LogP) is 5.56. The van der Waals surface area contributed by atoms with Gasteiger partial charge in [-0.2, -0.15) is 4.98 Å². The molecule has 0 bridgehead atoms. The molecule has 0 radical (unpaired) electrons. The van der Waals surface area contributed by atoms with Crippen molar-refractivity contribution in [2.24, 2.45) is 5.92 Å². The fourth-order valence-electron chi connectivity index (χ4n) is 4.46. The number of hydrogen-bond acceptors (Lipinski definition) is 6. The first-order valence-electron chi connectivity index (χ1n) is 11.7. The quantitative estimate of drug-likeness (QED) is 0.340. The van der Waals surface area contributed by atoms with Gasteiger partial charge in [-0.05, 0) is 61.4 Å². The zero-order valence-corrected chi connectivity index (χ0v) is 20.4. The third-order valence-corrected chi connectivity index (χ3v) is 6.62. The zero-order chi connectivity index (χ0) is 25.1. The number of likely N-dealkylation sites (tertiary alicyclic amines) is 1. The smallest absolute Gasteiger partial charge is 0.257 e. The molecular formula is C27H24ClFN4O3. The largest absolute Gasteiger partial charge is 0.477 e. The van der Waals surface area contributed by atoms with E-state index in [4.69, 9.17) is 20.9 Å². The van der Waals surface area contributed by atoms with Gasteiger partial charge in [0.2, 0.25) is 5.88 Å². The van der Waals surface area contributed by atoms with Crippen molar-refractivity contribution in [2.45, 2.75) is 19.3 Å². The Hall–Kier alpha value is -3.78. The van der Waals surface area contributed by atoms with Crippen LogP contribution in [0.15, 0.2) is 71.4 Å². The zero-order valence-electron chi connectivity index (χ0n) is 19.6. The van der Waals surface area contributed by atoms with Gasteiger partial charge in [0.05, 0.1) is 11.6 Å². The number of aryl methyl sites for hydroxylation is 1. The number of aromatic nitrogens is 3. The molecule has 3 heterocycles. The molecule has 0 saturated carbocycles. The van der Waals surface area contributed by atoms with Gasteiger partial charge in [-0.3, -0.25) is 4.79 Å².